The molecular formula is C18H34O7Si. The molecule has 0 spiro atoms. The molecule has 0 aliphatic carbocycles. The third-order valence-electron chi connectivity index (χ3n) is 5.21. The van der Waals surface area contributed by atoms with Crippen LogP contribution >= 0.6 is 0 Å². The predicted octanol–water partition coefficient (Wildman–Crippen LogP) is 3.58. The quantitative estimate of drug-likeness (QED) is 0.314. The third-order valence-corrected chi connectivity index (χ3v) is 11.2. The van der Waals surface area contributed by atoms with Crippen LogP contribution in [0.4, 0.5) is 0 Å². The lowest BCUT2D eigenvalue weighted by Crippen LogP contribution is -2.59. The predicted molar refractivity (Wildman–Crippen MR) is 101 cm³/mol. The Morgan fingerprint density at radius 2 is 1.23 bits per heavy atom. The minimum Gasteiger partial charge on any atom is -0.481 e. The largest absolute Gasteiger partial charge is 0.481 e. The van der Waals surface area contributed by atoms with E-state index in [9.17, 15) is 29.7 Å². The summed E-state index contributed by atoms with van der Waals surface area (Å²) in [7, 11) is -2.81. The van der Waals surface area contributed by atoms with E-state index in [-0.39, 0.29) is 0 Å². The topological polar surface area (TPSA) is 132 Å². The normalized spacial score (nSPS) is 15.2. The van der Waals surface area contributed by atoms with Crippen molar-refractivity contribution in [2.24, 2.45) is 0 Å². The highest BCUT2D eigenvalue weighted by atomic mass is 28.3. The average Bonchev–Trinajstić information content (AvgIpc) is 2.54. The average molecular weight is 391 g/mol. The maximum atomic E-state index is 12.2. The van der Waals surface area contributed by atoms with Gasteiger partial charge in [0.1, 0.15) is 0 Å². The molecule has 8 heteroatoms. The lowest BCUT2D eigenvalue weighted by Gasteiger charge is -2.43. The van der Waals surface area contributed by atoms with Gasteiger partial charge in [0.15, 0.2) is 5.60 Å². The SMILES string of the molecule is CCCC[Si](CCCC)(CCCC)C(C(=O)O)C(O)(CC(=O)O)C(=O)O. The smallest absolute Gasteiger partial charge is 0.336 e. The minimum absolute atomic E-state index is 0.593. The molecule has 0 heterocycles. The number of aliphatic carboxylic acids is 3. The van der Waals surface area contributed by atoms with Crippen molar-refractivity contribution in [3.8, 4) is 0 Å². The van der Waals surface area contributed by atoms with Gasteiger partial charge in [-0.05, 0) is 0 Å². The Labute approximate surface area is 156 Å². The molecule has 0 bridgehead atoms. The van der Waals surface area contributed by atoms with E-state index in [1.807, 2.05) is 20.8 Å². The van der Waals surface area contributed by atoms with Gasteiger partial charge in [-0.3, -0.25) is 9.59 Å². The van der Waals surface area contributed by atoms with Crippen LogP contribution < -0.4 is 0 Å². The van der Waals surface area contributed by atoms with Gasteiger partial charge in [0, 0.05) is 0 Å². The molecule has 0 saturated heterocycles. The van der Waals surface area contributed by atoms with Crippen LogP contribution in [0.1, 0.15) is 65.7 Å². The Hall–Kier alpha value is -1.41. The number of hydrogen-bond acceptors (Lipinski definition) is 4. The number of carboxylic acids is 3. The van der Waals surface area contributed by atoms with Gasteiger partial charge in [-0.1, -0.05) is 77.4 Å². The molecule has 0 radical (unpaired) electrons. The molecule has 0 aliphatic heterocycles. The second-order valence-electron chi connectivity index (χ2n) is 7.24. The summed E-state index contributed by atoms with van der Waals surface area (Å²) >= 11 is 0. The number of unbranched alkanes of at least 4 members (excludes halogenated alkanes) is 3. The highest BCUT2D eigenvalue weighted by Crippen LogP contribution is 2.46. The zero-order valence-corrected chi connectivity index (χ0v) is 17.2. The van der Waals surface area contributed by atoms with Crippen molar-refractivity contribution in [2.45, 2.75) is 95.0 Å². The molecule has 7 nitrogen and oxygen atoms in total. The Morgan fingerprint density at radius 3 is 1.46 bits per heavy atom. The van der Waals surface area contributed by atoms with Crippen LogP contribution in [0, 0.1) is 0 Å². The summed E-state index contributed by atoms with van der Waals surface area (Å²) in [6, 6.07) is 1.78. The summed E-state index contributed by atoms with van der Waals surface area (Å²) in [5.41, 5.74) is -4.31. The van der Waals surface area contributed by atoms with E-state index >= 15 is 0 Å². The summed E-state index contributed by atoms with van der Waals surface area (Å²) in [6.07, 6.45) is 3.68. The highest BCUT2D eigenvalue weighted by molar-refractivity contribution is 6.84. The molecule has 2 unspecified atom stereocenters. The number of rotatable bonds is 15. The molecule has 0 aromatic heterocycles. The first-order valence-electron chi connectivity index (χ1n) is 9.51. The fourth-order valence-corrected chi connectivity index (χ4v) is 10.5. The Bertz CT molecular complexity index is 458. The van der Waals surface area contributed by atoms with Crippen LogP contribution in [0.5, 0.6) is 0 Å². The molecule has 0 saturated carbocycles. The van der Waals surface area contributed by atoms with Crippen molar-refractivity contribution in [3.63, 3.8) is 0 Å². The number of carboxylic acid groups (broad SMARTS) is 3. The standard InChI is InChI=1S/C18H34O7Si/c1-4-7-10-26(11-8-5-2,12-9-6-3)15(16(21)22)18(25,17(23)24)13-14(19)20/h15,25H,4-13H2,1-3H3,(H,19,20)(H,21,22)(H,23,24). The van der Waals surface area contributed by atoms with Crippen molar-refractivity contribution in [2.75, 3.05) is 0 Å². The molecular weight excluding hydrogens is 356 g/mol. The van der Waals surface area contributed by atoms with Gasteiger partial charge in [-0.2, -0.15) is 0 Å². The van der Waals surface area contributed by atoms with Crippen molar-refractivity contribution >= 4 is 26.0 Å². The number of aliphatic hydroxyl groups is 1. The first kappa shape index (κ1) is 24.6. The molecule has 0 aliphatic rings. The lowest BCUT2D eigenvalue weighted by atomic mass is 9.95. The van der Waals surface area contributed by atoms with Gasteiger partial charge in [0.25, 0.3) is 0 Å². The first-order valence-corrected chi connectivity index (χ1v) is 12.2. The van der Waals surface area contributed by atoms with E-state index in [4.69, 9.17) is 5.11 Å². The Morgan fingerprint density at radius 1 is 0.846 bits per heavy atom. The van der Waals surface area contributed by atoms with E-state index in [0.717, 1.165) is 38.5 Å². The van der Waals surface area contributed by atoms with E-state index in [2.05, 4.69) is 0 Å². The zero-order valence-electron chi connectivity index (χ0n) is 16.2. The number of hydrogen-bond donors (Lipinski definition) is 4. The van der Waals surface area contributed by atoms with Crippen molar-refractivity contribution in [1.29, 1.82) is 0 Å². The van der Waals surface area contributed by atoms with E-state index < -0.39 is 43.5 Å². The second-order valence-corrected chi connectivity index (χ2v) is 12.0. The minimum atomic E-state index is -2.81. The van der Waals surface area contributed by atoms with Gasteiger partial charge < -0.3 is 20.4 Å². The van der Waals surface area contributed by atoms with E-state index in [0.29, 0.717) is 18.1 Å². The van der Waals surface area contributed by atoms with Crippen LogP contribution in [0.3, 0.4) is 0 Å². The van der Waals surface area contributed by atoms with Gasteiger partial charge in [0.05, 0.1) is 20.0 Å². The van der Waals surface area contributed by atoms with Gasteiger partial charge >= 0.3 is 17.9 Å². The molecule has 152 valence electrons. The molecule has 4 N–H and O–H groups in total. The highest BCUT2D eigenvalue weighted by Gasteiger charge is 2.59. The molecule has 2 atom stereocenters. The summed E-state index contributed by atoms with van der Waals surface area (Å²) in [4.78, 5) is 35.2. The monoisotopic (exact) mass is 390 g/mol. The van der Waals surface area contributed by atoms with E-state index in [1.54, 1.807) is 0 Å². The van der Waals surface area contributed by atoms with Crippen LogP contribution in [-0.4, -0.2) is 52.0 Å². The molecule has 0 aromatic carbocycles. The second kappa shape index (κ2) is 11.3. The van der Waals surface area contributed by atoms with Crippen LogP contribution in [0.2, 0.25) is 23.7 Å². The molecule has 0 rings (SSSR count). The van der Waals surface area contributed by atoms with Crippen molar-refractivity contribution in [1.82, 2.24) is 0 Å². The molecule has 0 aromatic rings. The van der Waals surface area contributed by atoms with E-state index in [1.165, 1.54) is 0 Å². The molecule has 0 amide bonds. The summed E-state index contributed by atoms with van der Waals surface area (Å²) in [5, 5.41) is 39.4. The lowest BCUT2D eigenvalue weighted by molar-refractivity contribution is -0.170. The van der Waals surface area contributed by atoms with Gasteiger partial charge in [-0.15, -0.1) is 0 Å². The maximum Gasteiger partial charge on any atom is 0.336 e. The van der Waals surface area contributed by atoms with Crippen LogP contribution in [0.15, 0.2) is 0 Å². The molecule has 26 heavy (non-hydrogen) atoms. The van der Waals surface area contributed by atoms with Crippen LogP contribution in [-0.2, 0) is 14.4 Å². The van der Waals surface area contributed by atoms with Gasteiger partial charge in [-0.25, -0.2) is 4.79 Å². The summed E-state index contributed by atoms with van der Waals surface area (Å²) in [5.74, 6) is -4.65. The zero-order chi connectivity index (χ0) is 20.4. The number of carbonyl (C=O) groups is 3. The summed E-state index contributed by atoms with van der Waals surface area (Å²) < 4.78 is 0. The Balaban J connectivity index is 6.34. The Kier molecular flexibility index (Phi) is 10.7. The van der Waals surface area contributed by atoms with Crippen molar-refractivity contribution < 1.29 is 34.8 Å². The first-order chi connectivity index (χ1) is 12.1. The molecule has 0 fully saturated rings. The third kappa shape index (κ3) is 6.39. The maximum absolute atomic E-state index is 12.2. The van der Waals surface area contributed by atoms with Crippen LogP contribution in [0.25, 0.3) is 0 Å². The fourth-order valence-electron chi connectivity index (χ4n) is 3.90. The van der Waals surface area contributed by atoms with Crippen molar-refractivity contribution in [3.05, 3.63) is 0 Å². The summed E-state index contributed by atoms with van der Waals surface area (Å²) in [6.45, 7) is 5.94. The van der Waals surface area contributed by atoms with Gasteiger partial charge in [0.2, 0.25) is 0 Å². The fraction of sp³-hybridized carbons (Fsp3) is 0.833.